The van der Waals surface area contributed by atoms with E-state index < -0.39 is 12.7 Å². The first kappa shape index (κ1) is 11.2. The molecule has 1 aliphatic rings. The molecule has 0 radical (unpaired) electrons. The molecule has 0 aliphatic heterocycles. The van der Waals surface area contributed by atoms with Crippen LogP contribution in [-0.2, 0) is 19.4 Å². The summed E-state index contributed by atoms with van der Waals surface area (Å²) in [5.74, 6) is 0. The molecule has 0 N–H and O–H groups in total. The molecule has 0 bridgehead atoms. The van der Waals surface area contributed by atoms with Gasteiger partial charge in [-0.2, -0.15) is 18.3 Å². The third-order valence-electron chi connectivity index (χ3n) is 2.71. The predicted octanol–water partition coefficient (Wildman–Crippen LogP) is 2.14. The molecule has 88 valence electrons. The Balaban J connectivity index is 2.38. The van der Waals surface area contributed by atoms with E-state index in [1.807, 2.05) is 0 Å². The second kappa shape index (κ2) is 3.92. The van der Waals surface area contributed by atoms with E-state index in [4.69, 9.17) is 0 Å². The first-order valence-electron chi connectivity index (χ1n) is 5.12. The number of halogens is 3. The maximum Gasteiger partial charge on any atom is 0.408 e. The maximum absolute atomic E-state index is 12.2. The van der Waals surface area contributed by atoms with Crippen LogP contribution in [0.2, 0.25) is 0 Å². The van der Waals surface area contributed by atoms with Crippen LogP contribution in [0, 0.1) is 0 Å². The standard InChI is InChI=1S/C10H11F3N2O/c11-10(12,13)6-15-9(5-16)7-3-1-2-4-8(7)14-15/h5H,1-4,6H2. The normalized spacial score (nSPS) is 15.9. The van der Waals surface area contributed by atoms with Gasteiger partial charge in [0.25, 0.3) is 0 Å². The summed E-state index contributed by atoms with van der Waals surface area (Å²) in [6, 6.07) is 0. The lowest BCUT2D eigenvalue weighted by Crippen LogP contribution is -2.20. The summed E-state index contributed by atoms with van der Waals surface area (Å²) in [6.45, 7) is -1.19. The molecule has 0 fully saturated rings. The minimum atomic E-state index is -4.34. The zero-order chi connectivity index (χ0) is 11.8. The Kier molecular flexibility index (Phi) is 2.73. The van der Waals surface area contributed by atoms with Gasteiger partial charge < -0.3 is 0 Å². The molecule has 1 heterocycles. The fraction of sp³-hybridized carbons (Fsp3) is 0.600. The molecule has 2 rings (SSSR count). The fourth-order valence-electron chi connectivity index (χ4n) is 2.05. The number of carbonyl (C=O) groups is 1. The van der Waals surface area contributed by atoms with Crippen LogP contribution in [0.1, 0.15) is 34.6 Å². The Morgan fingerprint density at radius 3 is 2.62 bits per heavy atom. The molecule has 1 aromatic rings. The number of aromatic nitrogens is 2. The summed E-state index contributed by atoms with van der Waals surface area (Å²) in [4.78, 5) is 10.8. The van der Waals surface area contributed by atoms with Crippen LogP contribution in [-0.4, -0.2) is 22.2 Å². The third-order valence-corrected chi connectivity index (χ3v) is 2.71. The van der Waals surface area contributed by atoms with Gasteiger partial charge in [0.1, 0.15) is 12.2 Å². The van der Waals surface area contributed by atoms with Crippen LogP contribution in [0.3, 0.4) is 0 Å². The molecule has 0 unspecified atom stereocenters. The molecule has 0 spiro atoms. The van der Waals surface area contributed by atoms with Gasteiger partial charge in [-0.3, -0.25) is 9.48 Å². The summed E-state index contributed by atoms with van der Waals surface area (Å²) >= 11 is 0. The number of aryl methyl sites for hydroxylation is 1. The van der Waals surface area contributed by atoms with Crippen LogP contribution < -0.4 is 0 Å². The SMILES string of the molecule is O=Cc1c2c(nn1CC(F)(F)F)CCCC2. The highest BCUT2D eigenvalue weighted by molar-refractivity contribution is 5.75. The van der Waals surface area contributed by atoms with Crippen LogP contribution >= 0.6 is 0 Å². The predicted molar refractivity (Wildman–Crippen MR) is 50.3 cm³/mol. The van der Waals surface area contributed by atoms with Gasteiger partial charge in [-0.25, -0.2) is 0 Å². The highest BCUT2D eigenvalue weighted by Crippen LogP contribution is 2.25. The van der Waals surface area contributed by atoms with Crippen molar-refractivity contribution in [2.75, 3.05) is 0 Å². The zero-order valence-electron chi connectivity index (χ0n) is 8.55. The molecule has 6 heteroatoms. The summed E-state index contributed by atoms with van der Waals surface area (Å²) in [5.41, 5.74) is 1.44. The summed E-state index contributed by atoms with van der Waals surface area (Å²) < 4.78 is 37.5. The third kappa shape index (κ3) is 2.10. The molecular formula is C10H11F3N2O. The molecular weight excluding hydrogens is 221 g/mol. The molecule has 1 aromatic heterocycles. The molecule has 3 nitrogen and oxygen atoms in total. The topological polar surface area (TPSA) is 34.9 Å². The summed E-state index contributed by atoms with van der Waals surface area (Å²) in [5, 5.41) is 3.87. The van der Waals surface area contributed by atoms with Gasteiger partial charge in [0.2, 0.25) is 0 Å². The monoisotopic (exact) mass is 232 g/mol. The van der Waals surface area contributed by atoms with Crippen molar-refractivity contribution < 1.29 is 18.0 Å². The van der Waals surface area contributed by atoms with E-state index in [1.54, 1.807) is 0 Å². The Morgan fingerprint density at radius 1 is 1.31 bits per heavy atom. The number of alkyl halides is 3. The largest absolute Gasteiger partial charge is 0.408 e. The molecule has 0 atom stereocenters. The molecule has 0 aromatic carbocycles. The summed E-state index contributed by atoms with van der Waals surface area (Å²) in [6.07, 6.45) is -0.711. The van der Waals surface area contributed by atoms with Crippen molar-refractivity contribution in [3.05, 3.63) is 17.0 Å². The lowest BCUT2D eigenvalue weighted by molar-refractivity contribution is -0.142. The van der Waals surface area contributed by atoms with Crippen LogP contribution in [0.5, 0.6) is 0 Å². The van der Waals surface area contributed by atoms with Crippen LogP contribution in [0.15, 0.2) is 0 Å². The Bertz CT molecular complexity index is 409. The quantitative estimate of drug-likeness (QED) is 0.732. The van der Waals surface area contributed by atoms with E-state index in [0.29, 0.717) is 30.4 Å². The van der Waals surface area contributed by atoms with Gasteiger partial charge in [0, 0.05) is 5.56 Å². The first-order valence-corrected chi connectivity index (χ1v) is 5.12. The number of rotatable bonds is 2. The van der Waals surface area contributed by atoms with E-state index in [-0.39, 0.29) is 5.69 Å². The van der Waals surface area contributed by atoms with Gasteiger partial charge in [-0.15, -0.1) is 0 Å². The molecule has 1 aliphatic carbocycles. The van der Waals surface area contributed by atoms with E-state index >= 15 is 0 Å². The van der Waals surface area contributed by atoms with Gasteiger partial charge in [0.05, 0.1) is 5.69 Å². The number of carbonyl (C=O) groups excluding carboxylic acids is 1. The van der Waals surface area contributed by atoms with E-state index in [1.165, 1.54) is 0 Å². The number of fused-ring (bicyclic) bond motifs is 1. The van der Waals surface area contributed by atoms with E-state index in [2.05, 4.69) is 5.10 Å². The highest BCUT2D eigenvalue weighted by Gasteiger charge is 2.31. The van der Waals surface area contributed by atoms with Crippen molar-refractivity contribution in [1.29, 1.82) is 0 Å². The van der Waals surface area contributed by atoms with E-state index in [0.717, 1.165) is 17.5 Å². The van der Waals surface area contributed by atoms with Crippen LogP contribution in [0.25, 0.3) is 0 Å². The Morgan fingerprint density at radius 2 is 2.00 bits per heavy atom. The van der Waals surface area contributed by atoms with Crippen molar-refractivity contribution in [3.63, 3.8) is 0 Å². The van der Waals surface area contributed by atoms with Crippen molar-refractivity contribution >= 4 is 6.29 Å². The van der Waals surface area contributed by atoms with Gasteiger partial charge in [0.15, 0.2) is 6.29 Å². The van der Waals surface area contributed by atoms with Crippen molar-refractivity contribution in [2.45, 2.75) is 38.4 Å². The zero-order valence-corrected chi connectivity index (χ0v) is 8.55. The maximum atomic E-state index is 12.2. The van der Waals surface area contributed by atoms with E-state index in [9.17, 15) is 18.0 Å². The number of hydrogen-bond acceptors (Lipinski definition) is 2. The minimum Gasteiger partial charge on any atom is -0.296 e. The molecule has 0 saturated carbocycles. The average Bonchev–Trinajstić information content (AvgIpc) is 2.51. The summed E-state index contributed by atoms with van der Waals surface area (Å²) in [7, 11) is 0. The number of hydrogen-bond donors (Lipinski definition) is 0. The van der Waals surface area contributed by atoms with Gasteiger partial charge in [-0.05, 0) is 25.7 Å². The first-order chi connectivity index (χ1) is 7.51. The number of aldehydes is 1. The second-order valence-electron chi connectivity index (χ2n) is 3.91. The van der Waals surface area contributed by atoms with Crippen molar-refractivity contribution in [2.24, 2.45) is 0 Å². The number of nitrogens with zero attached hydrogens (tertiary/aromatic N) is 2. The molecule has 0 amide bonds. The minimum absolute atomic E-state index is 0.0898. The second-order valence-corrected chi connectivity index (χ2v) is 3.91. The molecule has 0 saturated heterocycles. The van der Waals surface area contributed by atoms with Gasteiger partial charge >= 0.3 is 6.18 Å². The average molecular weight is 232 g/mol. The smallest absolute Gasteiger partial charge is 0.296 e. The van der Waals surface area contributed by atoms with Crippen molar-refractivity contribution in [1.82, 2.24) is 9.78 Å². The van der Waals surface area contributed by atoms with Crippen LogP contribution in [0.4, 0.5) is 13.2 Å². The lowest BCUT2D eigenvalue weighted by atomic mass is 9.96. The molecule has 16 heavy (non-hydrogen) atoms. The van der Waals surface area contributed by atoms with Gasteiger partial charge in [-0.1, -0.05) is 0 Å². The Labute approximate surface area is 90.2 Å². The lowest BCUT2D eigenvalue weighted by Gasteiger charge is -2.09. The Hall–Kier alpha value is -1.33. The van der Waals surface area contributed by atoms with Crippen molar-refractivity contribution in [3.8, 4) is 0 Å². The fourth-order valence-corrected chi connectivity index (χ4v) is 2.05. The highest BCUT2D eigenvalue weighted by atomic mass is 19.4.